The number of nitrogens with zero attached hydrogens (tertiary/aromatic N) is 6. The first kappa shape index (κ1) is 22.3. The van der Waals surface area contributed by atoms with Gasteiger partial charge in [0.15, 0.2) is 5.82 Å². The maximum atomic E-state index is 6.23. The van der Waals surface area contributed by atoms with Crippen LogP contribution in [0.2, 0.25) is 0 Å². The lowest BCUT2D eigenvalue weighted by atomic mass is 9.90. The third kappa shape index (κ3) is 4.20. The van der Waals surface area contributed by atoms with E-state index in [2.05, 4.69) is 44.4 Å². The summed E-state index contributed by atoms with van der Waals surface area (Å²) in [4.78, 5) is 10.9. The summed E-state index contributed by atoms with van der Waals surface area (Å²) in [6, 6.07) is 0. The van der Waals surface area contributed by atoms with Gasteiger partial charge in [0.1, 0.15) is 20.9 Å². The SMILES string of the molecule is CC1(C)Cc2c(c(N3CCOCC3)nc3sc4c(NCCN5CCOCC5)nnnc4c23)CO1. The van der Waals surface area contributed by atoms with E-state index in [-0.39, 0.29) is 5.60 Å². The molecule has 34 heavy (non-hydrogen) atoms. The second-order valence-corrected chi connectivity index (χ2v) is 10.7. The van der Waals surface area contributed by atoms with E-state index in [1.54, 1.807) is 11.3 Å². The summed E-state index contributed by atoms with van der Waals surface area (Å²) in [7, 11) is 0. The molecule has 0 radical (unpaired) electrons. The molecule has 0 saturated carbocycles. The number of hydrogen-bond acceptors (Lipinski definition) is 11. The second-order valence-electron chi connectivity index (χ2n) is 9.70. The van der Waals surface area contributed by atoms with Crippen LogP contribution in [0.25, 0.3) is 20.4 Å². The molecule has 3 aliphatic rings. The first-order chi connectivity index (χ1) is 16.6. The van der Waals surface area contributed by atoms with Crippen molar-refractivity contribution < 1.29 is 14.2 Å². The normalized spacial score (nSPS) is 21.2. The zero-order valence-electron chi connectivity index (χ0n) is 19.8. The molecule has 2 saturated heterocycles. The third-order valence-corrected chi connectivity index (χ3v) is 7.94. The van der Waals surface area contributed by atoms with Gasteiger partial charge >= 0.3 is 0 Å². The Bertz CT molecular complexity index is 1190. The van der Waals surface area contributed by atoms with Crippen molar-refractivity contribution in [3.63, 3.8) is 0 Å². The number of rotatable bonds is 5. The van der Waals surface area contributed by atoms with Gasteiger partial charge in [-0.2, -0.15) is 0 Å². The molecule has 6 heterocycles. The summed E-state index contributed by atoms with van der Waals surface area (Å²) in [5, 5.41) is 17.6. The quantitative estimate of drug-likeness (QED) is 0.578. The number of aromatic nitrogens is 4. The average molecular weight is 486 g/mol. The monoisotopic (exact) mass is 485 g/mol. The van der Waals surface area contributed by atoms with Crippen molar-refractivity contribution in [3.05, 3.63) is 11.1 Å². The van der Waals surface area contributed by atoms with Crippen molar-refractivity contribution in [2.75, 3.05) is 75.9 Å². The van der Waals surface area contributed by atoms with Crippen LogP contribution in [0.1, 0.15) is 25.0 Å². The Morgan fingerprint density at radius 1 is 1.00 bits per heavy atom. The molecule has 0 aromatic carbocycles. The van der Waals surface area contributed by atoms with Crippen LogP contribution in [0.4, 0.5) is 11.6 Å². The van der Waals surface area contributed by atoms with Gasteiger partial charge in [-0.3, -0.25) is 4.90 Å². The highest BCUT2D eigenvalue weighted by molar-refractivity contribution is 7.26. The predicted molar refractivity (Wildman–Crippen MR) is 132 cm³/mol. The Morgan fingerprint density at radius 3 is 2.56 bits per heavy atom. The molecule has 3 aromatic rings. The van der Waals surface area contributed by atoms with Crippen LogP contribution in [0, 0.1) is 0 Å². The molecule has 10 nitrogen and oxygen atoms in total. The number of morpholine rings is 2. The minimum atomic E-state index is -0.239. The first-order valence-corrected chi connectivity index (χ1v) is 12.9. The fourth-order valence-corrected chi connectivity index (χ4v) is 6.12. The maximum Gasteiger partial charge on any atom is 0.170 e. The van der Waals surface area contributed by atoms with Crippen molar-refractivity contribution in [1.29, 1.82) is 0 Å². The van der Waals surface area contributed by atoms with E-state index in [0.29, 0.717) is 6.61 Å². The van der Waals surface area contributed by atoms with E-state index in [1.165, 1.54) is 11.1 Å². The van der Waals surface area contributed by atoms with Crippen LogP contribution in [-0.4, -0.2) is 96.6 Å². The van der Waals surface area contributed by atoms with Gasteiger partial charge in [-0.25, -0.2) is 4.98 Å². The number of hydrogen-bond donors (Lipinski definition) is 1. The number of anilines is 2. The highest BCUT2D eigenvalue weighted by Gasteiger charge is 2.33. The van der Waals surface area contributed by atoms with Crippen LogP contribution < -0.4 is 10.2 Å². The zero-order valence-corrected chi connectivity index (χ0v) is 20.6. The van der Waals surface area contributed by atoms with Gasteiger partial charge in [-0.05, 0) is 24.6 Å². The summed E-state index contributed by atoms with van der Waals surface area (Å²) in [5.41, 5.74) is 3.11. The van der Waals surface area contributed by atoms with Gasteiger partial charge in [0, 0.05) is 56.6 Å². The molecule has 1 N–H and O–H groups in total. The fraction of sp³-hybridized carbons (Fsp3) is 0.652. The highest BCUT2D eigenvalue weighted by atomic mass is 32.1. The predicted octanol–water partition coefficient (Wildman–Crippen LogP) is 2.07. The minimum absolute atomic E-state index is 0.239. The van der Waals surface area contributed by atoms with Crippen molar-refractivity contribution in [1.82, 2.24) is 25.3 Å². The molecule has 3 aromatic heterocycles. The summed E-state index contributed by atoms with van der Waals surface area (Å²) >= 11 is 1.65. The summed E-state index contributed by atoms with van der Waals surface area (Å²) in [6.07, 6.45) is 0.814. The van der Waals surface area contributed by atoms with E-state index in [4.69, 9.17) is 19.2 Å². The number of nitrogens with one attached hydrogen (secondary N) is 1. The van der Waals surface area contributed by atoms with Gasteiger partial charge in [0.25, 0.3) is 0 Å². The molecule has 0 amide bonds. The van der Waals surface area contributed by atoms with E-state index in [0.717, 1.165) is 104 Å². The fourth-order valence-electron chi connectivity index (χ4n) is 5.02. The van der Waals surface area contributed by atoms with Gasteiger partial charge in [0.05, 0.1) is 38.6 Å². The Balaban J connectivity index is 1.39. The molecule has 0 atom stereocenters. The van der Waals surface area contributed by atoms with Crippen molar-refractivity contribution in [2.45, 2.75) is 32.5 Å². The van der Waals surface area contributed by atoms with Crippen LogP contribution in [-0.2, 0) is 27.2 Å². The largest absolute Gasteiger partial charge is 0.379 e. The highest BCUT2D eigenvalue weighted by Crippen LogP contribution is 2.43. The Morgan fingerprint density at radius 2 is 1.76 bits per heavy atom. The van der Waals surface area contributed by atoms with Gasteiger partial charge in [0.2, 0.25) is 0 Å². The van der Waals surface area contributed by atoms with E-state index >= 15 is 0 Å². The molecule has 182 valence electrons. The Labute approximate surface area is 202 Å². The Kier molecular flexibility index (Phi) is 5.98. The number of pyridine rings is 1. The van der Waals surface area contributed by atoms with Gasteiger partial charge < -0.3 is 24.4 Å². The second kappa shape index (κ2) is 9.12. The lowest BCUT2D eigenvalue weighted by molar-refractivity contribution is -0.0396. The van der Waals surface area contributed by atoms with E-state index in [1.807, 2.05) is 0 Å². The lowest BCUT2D eigenvalue weighted by Crippen LogP contribution is -2.39. The lowest BCUT2D eigenvalue weighted by Gasteiger charge is -2.36. The average Bonchev–Trinajstić information content (AvgIpc) is 3.24. The molecule has 11 heteroatoms. The number of thiophene rings is 1. The van der Waals surface area contributed by atoms with Crippen LogP contribution in [0.15, 0.2) is 0 Å². The molecule has 6 rings (SSSR count). The van der Waals surface area contributed by atoms with Gasteiger partial charge in [-0.1, -0.05) is 0 Å². The van der Waals surface area contributed by atoms with Gasteiger partial charge in [-0.15, -0.1) is 21.5 Å². The molecular weight excluding hydrogens is 454 g/mol. The minimum Gasteiger partial charge on any atom is -0.379 e. The molecule has 0 bridgehead atoms. The molecular formula is C23H31N7O3S. The maximum absolute atomic E-state index is 6.23. The molecule has 0 spiro atoms. The molecule has 3 aliphatic heterocycles. The molecule has 0 aliphatic carbocycles. The standard InChI is InChI=1S/C23H31N7O3S/c1-23(2)13-15-16(14-33-23)21(30-7-11-32-12-8-30)25-22-17(15)18-19(34-22)20(27-28-26-18)24-3-4-29-5-9-31-10-6-29/h3-14H2,1-2H3,(H,24,26,27). The van der Waals surface area contributed by atoms with Crippen molar-refractivity contribution in [3.8, 4) is 0 Å². The summed E-state index contributed by atoms with van der Waals surface area (Å²) in [5.74, 6) is 1.81. The molecule has 0 unspecified atom stereocenters. The number of ether oxygens (including phenoxy) is 3. The Hall–Kier alpha value is -2.18. The molecule has 2 fully saturated rings. The smallest absolute Gasteiger partial charge is 0.170 e. The van der Waals surface area contributed by atoms with E-state index in [9.17, 15) is 0 Å². The van der Waals surface area contributed by atoms with Crippen LogP contribution in [0.5, 0.6) is 0 Å². The summed E-state index contributed by atoms with van der Waals surface area (Å²) < 4.78 is 18.3. The number of fused-ring (bicyclic) bond motifs is 5. The van der Waals surface area contributed by atoms with Crippen LogP contribution >= 0.6 is 11.3 Å². The first-order valence-electron chi connectivity index (χ1n) is 12.1. The van der Waals surface area contributed by atoms with Crippen LogP contribution in [0.3, 0.4) is 0 Å². The summed E-state index contributed by atoms with van der Waals surface area (Å²) in [6.45, 7) is 13.3. The third-order valence-electron chi connectivity index (χ3n) is 6.86. The van der Waals surface area contributed by atoms with Crippen molar-refractivity contribution in [2.24, 2.45) is 0 Å². The van der Waals surface area contributed by atoms with E-state index < -0.39 is 0 Å². The topological polar surface area (TPSA) is 97.8 Å². The zero-order chi connectivity index (χ0) is 23.1. The van der Waals surface area contributed by atoms with Crippen molar-refractivity contribution >= 4 is 43.4 Å².